The van der Waals surface area contributed by atoms with E-state index in [2.05, 4.69) is 21.3 Å². The van der Waals surface area contributed by atoms with Crippen molar-refractivity contribution in [2.24, 2.45) is 0 Å². The third-order valence-electron chi connectivity index (χ3n) is 6.20. The fraction of sp³-hybridized carbons (Fsp3) is 0.444. The lowest BCUT2D eigenvalue weighted by Crippen LogP contribution is -2.58. The van der Waals surface area contributed by atoms with Crippen LogP contribution in [0.15, 0.2) is 60.7 Å². The Bertz CT molecular complexity index is 1010. The molecule has 5 N–H and O–H groups in total. The van der Waals surface area contributed by atoms with Crippen molar-refractivity contribution in [3.8, 4) is 0 Å². The molecule has 8 nitrogen and oxygen atoms in total. The highest BCUT2D eigenvalue weighted by molar-refractivity contribution is 8.01. The number of aliphatic hydroxyl groups is 1. The molecule has 1 aliphatic rings. The Kier molecular flexibility index (Phi) is 9.92. The van der Waals surface area contributed by atoms with Crippen molar-refractivity contribution in [1.29, 1.82) is 0 Å². The summed E-state index contributed by atoms with van der Waals surface area (Å²) in [7, 11) is 0. The Hall–Kier alpha value is -2.88. The van der Waals surface area contributed by atoms with Crippen LogP contribution in [0, 0.1) is 0 Å². The van der Waals surface area contributed by atoms with Crippen molar-refractivity contribution in [3.63, 3.8) is 0 Å². The third-order valence-corrected chi connectivity index (χ3v) is 7.70. The predicted octanol–water partition coefficient (Wildman–Crippen LogP) is 1.73. The Morgan fingerprint density at radius 2 is 1.61 bits per heavy atom. The summed E-state index contributed by atoms with van der Waals surface area (Å²) in [5, 5.41) is 20.9. The molecular formula is C27H36N4O4S. The largest absolute Gasteiger partial charge is 0.394 e. The lowest BCUT2D eigenvalue weighted by atomic mass is 10.0. The number of hydrogen-bond acceptors (Lipinski definition) is 6. The van der Waals surface area contributed by atoms with Gasteiger partial charge in [-0.15, -0.1) is 11.8 Å². The van der Waals surface area contributed by atoms with Gasteiger partial charge < -0.3 is 21.1 Å². The molecular weight excluding hydrogens is 476 g/mol. The van der Waals surface area contributed by atoms with E-state index in [1.54, 1.807) is 0 Å². The lowest BCUT2D eigenvalue weighted by Gasteiger charge is -2.26. The highest BCUT2D eigenvalue weighted by Gasteiger charge is 2.49. The van der Waals surface area contributed by atoms with Gasteiger partial charge in [0.2, 0.25) is 17.7 Å². The van der Waals surface area contributed by atoms with Gasteiger partial charge in [-0.1, -0.05) is 67.6 Å². The van der Waals surface area contributed by atoms with E-state index in [0.717, 1.165) is 11.1 Å². The number of aliphatic hydroxyl groups excluding tert-OH is 1. The molecule has 0 unspecified atom stereocenters. The molecule has 0 spiro atoms. The van der Waals surface area contributed by atoms with Crippen LogP contribution in [-0.4, -0.2) is 57.7 Å². The number of nitrogens with one attached hydrogen (secondary N) is 4. The van der Waals surface area contributed by atoms with Gasteiger partial charge in [-0.2, -0.15) is 0 Å². The predicted molar refractivity (Wildman–Crippen MR) is 142 cm³/mol. The number of benzene rings is 2. The summed E-state index contributed by atoms with van der Waals surface area (Å²) in [4.78, 5) is 39.3. The molecule has 4 atom stereocenters. The first-order valence-corrected chi connectivity index (χ1v) is 13.1. The van der Waals surface area contributed by atoms with Crippen LogP contribution in [0.2, 0.25) is 0 Å². The fourth-order valence-corrected chi connectivity index (χ4v) is 5.59. The van der Waals surface area contributed by atoms with Crippen molar-refractivity contribution in [2.45, 2.75) is 68.4 Å². The second-order valence-corrected chi connectivity index (χ2v) is 11.2. The van der Waals surface area contributed by atoms with E-state index < -0.39 is 22.2 Å². The fourth-order valence-electron chi connectivity index (χ4n) is 4.09. The first-order valence-electron chi connectivity index (χ1n) is 12.2. The summed E-state index contributed by atoms with van der Waals surface area (Å²) in [6.07, 6.45) is 0.745. The van der Waals surface area contributed by atoms with Crippen LogP contribution in [-0.2, 0) is 27.3 Å². The molecule has 9 heteroatoms. The minimum absolute atomic E-state index is 0.142. The molecule has 2 aromatic carbocycles. The molecule has 3 amide bonds. The van der Waals surface area contributed by atoms with Gasteiger partial charge in [0, 0.05) is 11.3 Å². The smallest absolute Gasteiger partial charge is 0.245 e. The molecule has 1 heterocycles. The molecule has 0 saturated carbocycles. The van der Waals surface area contributed by atoms with Crippen molar-refractivity contribution in [2.75, 3.05) is 6.61 Å². The molecule has 0 aromatic heterocycles. The van der Waals surface area contributed by atoms with Crippen LogP contribution in [0.5, 0.6) is 0 Å². The monoisotopic (exact) mass is 512 g/mol. The summed E-state index contributed by atoms with van der Waals surface area (Å²) in [5.74, 6) is -0.848. The number of amides is 3. The van der Waals surface area contributed by atoms with Crippen LogP contribution in [0.4, 0.5) is 0 Å². The highest BCUT2D eigenvalue weighted by atomic mass is 32.2. The van der Waals surface area contributed by atoms with E-state index in [9.17, 15) is 19.5 Å². The topological polar surface area (TPSA) is 120 Å². The summed E-state index contributed by atoms with van der Waals surface area (Å²) in [6, 6.07) is 17.0. The first kappa shape index (κ1) is 27.7. The van der Waals surface area contributed by atoms with Crippen molar-refractivity contribution in [1.82, 2.24) is 21.3 Å². The van der Waals surface area contributed by atoms with Crippen molar-refractivity contribution < 1.29 is 19.5 Å². The van der Waals surface area contributed by atoms with E-state index in [4.69, 9.17) is 0 Å². The Balaban J connectivity index is 1.75. The number of hydrogen-bond donors (Lipinski definition) is 5. The molecule has 1 fully saturated rings. The second kappa shape index (κ2) is 12.9. The van der Waals surface area contributed by atoms with Gasteiger partial charge in [0.1, 0.15) is 12.1 Å². The summed E-state index contributed by atoms with van der Waals surface area (Å²) < 4.78 is -0.551. The lowest BCUT2D eigenvalue weighted by molar-refractivity contribution is -0.129. The zero-order chi connectivity index (χ0) is 26.1. The minimum atomic E-state index is -0.896. The number of thioether (sulfide) groups is 1. The number of carbonyl (C=O) groups is 3. The number of carbonyl (C=O) groups excluding carboxylic acids is 3. The third kappa shape index (κ3) is 7.56. The highest BCUT2D eigenvalue weighted by Crippen LogP contribution is 2.39. The molecule has 0 aliphatic carbocycles. The summed E-state index contributed by atoms with van der Waals surface area (Å²) in [5.41, 5.74) is 1.79. The Morgan fingerprint density at radius 1 is 1.00 bits per heavy atom. The van der Waals surface area contributed by atoms with Gasteiger partial charge in [-0.25, -0.2) is 0 Å². The van der Waals surface area contributed by atoms with Gasteiger partial charge in [0.05, 0.1) is 24.4 Å². The molecule has 3 rings (SSSR count). The average molecular weight is 513 g/mol. The minimum Gasteiger partial charge on any atom is -0.394 e. The van der Waals surface area contributed by atoms with Gasteiger partial charge in [-0.05, 0) is 31.4 Å². The van der Waals surface area contributed by atoms with Crippen LogP contribution in [0.1, 0.15) is 38.3 Å². The maximum Gasteiger partial charge on any atom is 0.245 e. The van der Waals surface area contributed by atoms with Crippen LogP contribution >= 0.6 is 11.8 Å². The van der Waals surface area contributed by atoms with Crippen molar-refractivity contribution in [3.05, 3.63) is 71.8 Å². The Labute approximate surface area is 217 Å². The molecule has 194 valence electrons. The SMILES string of the molecule is CC[C@@H](CO)NC(=O)[C@@H]1N[C@@H]([C@H](NC(=O)Cc2ccccc2)C(=O)NCc2ccccc2)SC1(C)C. The molecule has 1 saturated heterocycles. The molecule has 0 radical (unpaired) electrons. The van der Waals surface area contributed by atoms with E-state index in [1.165, 1.54) is 11.8 Å². The molecule has 2 aromatic rings. The molecule has 36 heavy (non-hydrogen) atoms. The van der Waals surface area contributed by atoms with E-state index in [-0.39, 0.29) is 36.8 Å². The maximum absolute atomic E-state index is 13.3. The first-order chi connectivity index (χ1) is 17.2. The summed E-state index contributed by atoms with van der Waals surface area (Å²) >= 11 is 1.44. The van der Waals surface area contributed by atoms with Gasteiger partial charge in [0.15, 0.2) is 0 Å². The molecule has 0 bridgehead atoms. The number of rotatable bonds is 11. The quantitative estimate of drug-likeness (QED) is 0.313. The average Bonchev–Trinajstić information content (AvgIpc) is 3.20. The van der Waals surface area contributed by atoms with Gasteiger partial charge >= 0.3 is 0 Å². The zero-order valence-electron chi connectivity index (χ0n) is 21.0. The van der Waals surface area contributed by atoms with E-state index in [1.807, 2.05) is 81.4 Å². The van der Waals surface area contributed by atoms with Gasteiger partial charge in [0.25, 0.3) is 0 Å². The summed E-state index contributed by atoms with van der Waals surface area (Å²) in [6.45, 7) is 5.93. The van der Waals surface area contributed by atoms with Crippen LogP contribution < -0.4 is 21.3 Å². The van der Waals surface area contributed by atoms with Crippen LogP contribution in [0.3, 0.4) is 0 Å². The van der Waals surface area contributed by atoms with E-state index in [0.29, 0.717) is 13.0 Å². The molecule has 1 aliphatic heterocycles. The van der Waals surface area contributed by atoms with E-state index >= 15 is 0 Å². The normalized spacial score (nSPS) is 20.2. The zero-order valence-corrected chi connectivity index (χ0v) is 21.8. The van der Waals surface area contributed by atoms with Crippen molar-refractivity contribution >= 4 is 29.5 Å². The van der Waals surface area contributed by atoms with Gasteiger partial charge in [-0.3, -0.25) is 19.7 Å². The standard InChI is InChI=1S/C27H36N4O4S/c1-4-20(17-32)29-25(35)23-27(2,3)36-26(31-23)22(24(34)28-16-19-13-9-6-10-14-19)30-21(33)15-18-11-7-5-8-12-18/h5-14,20,22-23,26,31-32H,4,15-17H2,1-3H3,(H,28,34)(H,29,35)(H,30,33)/t20-,22+,23-,26+/m0/s1. The van der Waals surface area contributed by atoms with Crippen LogP contribution in [0.25, 0.3) is 0 Å². The second-order valence-electron chi connectivity index (χ2n) is 9.45. The maximum atomic E-state index is 13.3. The Morgan fingerprint density at radius 3 is 2.19 bits per heavy atom.